The number of fused-ring (bicyclic) bond motifs is 1. The lowest BCUT2D eigenvalue weighted by Crippen LogP contribution is -2.64. The topological polar surface area (TPSA) is 96.3 Å². The number of halogens is 1. The highest BCUT2D eigenvalue weighted by Crippen LogP contribution is 2.29. The van der Waals surface area contributed by atoms with Crippen LogP contribution in [0.25, 0.3) is 0 Å². The predicted molar refractivity (Wildman–Crippen MR) is 130 cm³/mol. The summed E-state index contributed by atoms with van der Waals surface area (Å²) in [6.07, 6.45) is 3.03. The van der Waals surface area contributed by atoms with Crippen LogP contribution >= 0.6 is 15.9 Å². The summed E-state index contributed by atoms with van der Waals surface area (Å²) in [4.78, 5) is 45.4. The van der Waals surface area contributed by atoms with Crippen LogP contribution in [0.3, 0.4) is 0 Å². The Labute approximate surface area is 203 Å². The summed E-state index contributed by atoms with van der Waals surface area (Å²) < 4.78 is 2.55. The molecular weight excluding hydrogens is 486 g/mol. The van der Waals surface area contributed by atoms with E-state index in [1.54, 1.807) is 16.4 Å². The largest absolute Gasteiger partial charge is 0.354 e. The summed E-state index contributed by atoms with van der Waals surface area (Å²) in [5.41, 5.74) is 0.179. The number of amides is 3. The van der Waals surface area contributed by atoms with Crippen molar-refractivity contribution in [2.75, 3.05) is 13.1 Å². The van der Waals surface area contributed by atoms with E-state index in [9.17, 15) is 14.4 Å². The van der Waals surface area contributed by atoms with Crippen molar-refractivity contribution in [3.63, 3.8) is 0 Å². The highest BCUT2D eigenvalue weighted by atomic mass is 79.9. The van der Waals surface area contributed by atoms with Gasteiger partial charge in [0.2, 0.25) is 5.91 Å². The molecule has 1 aliphatic rings. The molecule has 2 heterocycles. The van der Waals surface area contributed by atoms with Crippen LogP contribution in [0.4, 0.5) is 0 Å². The van der Waals surface area contributed by atoms with Gasteiger partial charge in [0.25, 0.3) is 11.8 Å². The van der Waals surface area contributed by atoms with E-state index in [4.69, 9.17) is 0 Å². The molecule has 2 N–H and O–H groups in total. The minimum atomic E-state index is -1.05. The van der Waals surface area contributed by atoms with E-state index in [0.717, 1.165) is 16.5 Å². The molecule has 1 aromatic carbocycles. The van der Waals surface area contributed by atoms with Crippen LogP contribution in [0.1, 0.15) is 67.1 Å². The number of benzene rings is 1. The van der Waals surface area contributed by atoms with E-state index in [0.29, 0.717) is 32.0 Å². The third-order valence-corrected chi connectivity index (χ3v) is 6.35. The van der Waals surface area contributed by atoms with Crippen molar-refractivity contribution in [1.29, 1.82) is 0 Å². The predicted octanol–water partition coefficient (Wildman–Crippen LogP) is 3.36. The Morgan fingerprint density at radius 3 is 2.70 bits per heavy atom. The minimum absolute atomic E-state index is 0.0818. The first kappa shape index (κ1) is 25.0. The number of nitrogens with zero attached hydrogens (tertiary/aromatic N) is 3. The zero-order chi connectivity index (χ0) is 24.2. The molecule has 0 fully saturated rings. The van der Waals surface area contributed by atoms with E-state index in [2.05, 4.69) is 45.4 Å². The first-order valence-corrected chi connectivity index (χ1v) is 12.1. The molecule has 0 saturated heterocycles. The molecule has 0 aliphatic carbocycles. The van der Waals surface area contributed by atoms with E-state index in [1.807, 2.05) is 31.2 Å². The molecule has 0 spiro atoms. The Kier molecular flexibility index (Phi) is 7.94. The number of nitrogens with one attached hydrogen (secondary N) is 2. The lowest BCUT2D eigenvalue weighted by molar-refractivity contribution is -0.132. The molecule has 1 atom stereocenters. The number of rotatable bonds is 9. The highest BCUT2D eigenvalue weighted by molar-refractivity contribution is 9.10. The van der Waals surface area contributed by atoms with Gasteiger partial charge in [0.1, 0.15) is 11.2 Å². The number of aromatic nitrogens is 2. The molecule has 178 valence electrons. The molecule has 1 aromatic heterocycles. The van der Waals surface area contributed by atoms with Crippen LogP contribution in [0.2, 0.25) is 0 Å². The summed E-state index contributed by atoms with van der Waals surface area (Å²) in [5, 5.41) is 5.83. The van der Waals surface area contributed by atoms with Gasteiger partial charge in [-0.25, -0.2) is 4.98 Å². The second-order valence-electron chi connectivity index (χ2n) is 9.05. The van der Waals surface area contributed by atoms with Gasteiger partial charge in [0, 0.05) is 24.1 Å². The smallest absolute Gasteiger partial charge is 0.273 e. The SMILES string of the molecule is CCCN1C(=O)c2c(C(=O)NCc3cccc(Br)c3)ncn2CC1(C)C(=O)NCCC(C)C. The molecule has 0 radical (unpaired) electrons. The second-order valence-corrected chi connectivity index (χ2v) is 9.97. The number of carbonyl (C=O) groups is 3. The average Bonchev–Trinajstić information content (AvgIpc) is 3.18. The van der Waals surface area contributed by atoms with Gasteiger partial charge in [-0.2, -0.15) is 0 Å². The molecule has 33 heavy (non-hydrogen) atoms. The van der Waals surface area contributed by atoms with Crippen LogP contribution in [0.15, 0.2) is 35.1 Å². The van der Waals surface area contributed by atoms with E-state index >= 15 is 0 Å². The quantitative estimate of drug-likeness (QED) is 0.532. The average molecular weight is 518 g/mol. The fourth-order valence-corrected chi connectivity index (χ4v) is 4.45. The fraction of sp³-hybridized carbons (Fsp3) is 0.500. The van der Waals surface area contributed by atoms with Crippen LogP contribution in [-0.4, -0.2) is 50.8 Å². The lowest BCUT2D eigenvalue weighted by Gasteiger charge is -2.43. The molecule has 1 unspecified atom stereocenters. The van der Waals surface area contributed by atoms with Crippen molar-refractivity contribution in [2.24, 2.45) is 5.92 Å². The third kappa shape index (κ3) is 5.46. The summed E-state index contributed by atoms with van der Waals surface area (Å²) in [7, 11) is 0. The maximum atomic E-state index is 13.5. The van der Waals surface area contributed by atoms with Gasteiger partial charge in [0.05, 0.1) is 12.9 Å². The Hall–Kier alpha value is -2.68. The summed E-state index contributed by atoms with van der Waals surface area (Å²) in [6, 6.07) is 7.63. The van der Waals surface area contributed by atoms with E-state index in [-0.39, 0.29) is 29.7 Å². The molecular formula is C24H32BrN5O3. The first-order valence-electron chi connectivity index (χ1n) is 11.4. The zero-order valence-electron chi connectivity index (χ0n) is 19.7. The van der Waals surface area contributed by atoms with Gasteiger partial charge in [-0.05, 0) is 43.4 Å². The maximum absolute atomic E-state index is 13.5. The molecule has 2 aromatic rings. The monoisotopic (exact) mass is 517 g/mol. The van der Waals surface area contributed by atoms with Gasteiger partial charge in [-0.3, -0.25) is 14.4 Å². The molecule has 1 aliphatic heterocycles. The number of hydrogen-bond acceptors (Lipinski definition) is 4. The number of imidazole rings is 1. The zero-order valence-corrected chi connectivity index (χ0v) is 21.2. The molecule has 9 heteroatoms. The van der Waals surface area contributed by atoms with Crippen molar-refractivity contribution in [1.82, 2.24) is 25.1 Å². The Bertz CT molecular complexity index is 1030. The van der Waals surface area contributed by atoms with Crippen LogP contribution < -0.4 is 10.6 Å². The second kappa shape index (κ2) is 10.5. The molecule has 3 rings (SSSR count). The molecule has 3 amide bonds. The Balaban J connectivity index is 1.82. The third-order valence-electron chi connectivity index (χ3n) is 5.86. The first-order chi connectivity index (χ1) is 15.7. The maximum Gasteiger partial charge on any atom is 0.273 e. The van der Waals surface area contributed by atoms with Crippen molar-refractivity contribution >= 4 is 33.7 Å². The van der Waals surface area contributed by atoms with Crippen LogP contribution in [0, 0.1) is 5.92 Å². The van der Waals surface area contributed by atoms with Crippen molar-refractivity contribution in [3.05, 3.63) is 52.0 Å². The minimum Gasteiger partial charge on any atom is -0.354 e. The standard InChI is InChI=1S/C24H32BrN5O3/c1-5-11-30-22(32)20-19(21(31)27-13-17-7-6-8-18(25)12-17)28-15-29(20)14-24(30,4)23(33)26-10-9-16(2)3/h6-8,12,15-16H,5,9-11,13-14H2,1-4H3,(H,26,33)(H,27,31). The molecule has 0 saturated carbocycles. The Morgan fingerprint density at radius 1 is 1.27 bits per heavy atom. The normalized spacial score (nSPS) is 17.8. The van der Waals surface area contributed by atoms with Gasteiger partial charge in [0.15, 0.2) is 5.69 Å². The van der Waals surface area contributed by atoms with Gasteiger partial charge in [-0.1, -0.05) is 48.8 Å². The summed E-state index contributed by atoms with van der Waals surface area (Å²) >= 11 is 3.42. The summed E-state index contributed by atoms with van der Waals surface area (Å²) in [6.45, 7) is 9.46. The highest BCUT2D eigenvalue weighted by Gasteiger charge is 2.48. The van der Waals surface area contributed by atoms with Crippen molar-refractivity contribution in [3.8, 4) is 0 Å². The fourth-order valence-electron chi connectivity index (χ4n) is 4.01. The van der Waals surface area contributed by atoms with Gasteiger partial charge in [-0.15, -0.1) is 0 Å². The van der Waals surface area contributed by atoms with Crippen LogP contribution in [-0.2, 0) is 17.9 Å². The van der Waals surface area contributed by atoms with Gasteiger partial charge < -0.3 is 20.1 Å². The molecule has 0 bridgehead atoms. The van der Waals surface area contributed by atoms with E-state index < -0.39 is 11.4 Å². The molecule has 8 nitrogen and oxygen atoms in total. The van der Waals surface area contributed by atoms with Crippen LogP contribution in [0.5, 0.6) is 0 Å². The summed E-state index contributed by atoms with van der Waals surface area (Å²) in [5.74, 6) is -0.491. The van der Waals surface area contributed by atoms with Crippen molar-refractivity contribution < 1.29 is 14.4 Å². The number of hydrogen-bond donors (Lipinski definition) is 2. The lowest BCUT2D eigenvalue weighted by atomic mass is 9.93. The van der Waals surface area contributed by atoms with E-state index in [1.165, 1.54) is 6.33 Å². The number of carbonyl (C=O) groups excluding carboxylic acids is 3. The van der Waals surface area contributed by atoms with Crippen molar-refractivity contribution in [2.45, 2.75) is 59.2 Å². The Morgan fingerprint density at radius 2 is 2.03 bits per heavy atom. The van der Waals surface area contributed by atoms with Gasteiger partial charge >= 0.3 is 0 Å².